The quantitative estimate of drug-likeness (QED) is 0.699. The number of amides is 1. The third kappa shape index (κ3) is 4.51. The molecule has 0 N–H and O–H groups in total. The van der Waals surface area contributed by atoms with Crippen LogP contribution in [0.4, 0.5) is 13.2 Å². The lowest BCUT2D eigenvalue weighted by molar-refractivity contribution is -0.184. The fourth-order valence-corrected chi connectivity index (χ4v) is 2.93. The van der Waals surface area contributed by atoms with Gasteiger partial charge in [0.25, 0.3) is 0 Å². The lowest BCUT2D eigenvalue weighted by Crippen LogP contribution is -2.40. The van der Waals surface area contributed by atoms with E-state index in [0.717, 1.165) is 0 Å². The molecule has 0 aliphatic carbocycles. The standard InChI is InChI=1S/C9H10Cl4F3NO/c10-2-6-4-17(7(18)9(14,15)16)3-5(6)1-8(11,12)13/h5-6H,1-4H2. The topological polar surface area (TPSA) is 20.3 Å². The van der Waals surface area contributed by atoms with E-state index in [1.807, 2.05) is 0 Å². The molecule has 1 heterocycles. The molecule has 1 aliphatic rings. The molecule has 2 atom stereocenters. The highest BCUT2D eigenvalue weighted by molar-refractivity contribution is 6.67. The molecular formula is C9H10Cl4F3NO. The predicted molar refractivity (Wildman–Crippen MR) is 65.2 cm³/mol. The van der Waals surface area contributed by atoms with Crippen LogP contribution >= 0.6 is 46.4 Å². The lowest BCUT2D eigenvalue weighted by atomic mass is 9.95. The van der Waals surface area contributed by atoms with Crippen molar-refractivity contribution < 1.29 is 18.0 Å². The molecule has 1 amide bonds. The van der Waals surface area contributed by atoms with Gasteiger partial charge < -0.3 is 4.90 Å². The molecule has 1 rings (SSSR count). The number of alkyl halides is 7. The summed E-state index contributed by atoms with van der Waals surface area (Å²) in [5, 5.41) is 0. The van der Waals surface area contributed by atoms with Gasteiger partial charge in [0.05, 0.1) is 0 Å². The van der Waals surface area contributed by atoms with Crippen LogP contribution in [0.1, 0.15) is 6.42 Å². The Kier molecular flexibility index (Phi) is 5.32. The zero-order valence-corrected chi connectivity index (χ0v) is 12.0. The number of hydrogen-bond acceptors (Lipinski definition) is 1. The zero-order valence-electron chi connectivity index (χ0n) is 8.98. The molecule has 0 aromatic heterocycles. The first-order chi connectivity index (χ1) is 8.04. The number of nitrogens with zero attached hydrogens (tertiary/aromatic N) is 1. The summed E-state index contributed by atoms with van der Waals surface area (Å²) >= 11 is 22.5. The molecule has 1 saturated heterocycles. The minimum Gasteiger partial charge on any atom is -0.334 e. The minimum absolute atomic E-state index is 0.0622. The van der Waals surface area contributed by atoms with Gasteiger partial charge in [-0.3, -0.25) is 4.79 Å². The molecule has 0 aromatic rings. The minimum atomic E-state index is -4.88. The summed E-state index contributed by atoms with van der Waals surface area (Å²) in [6, 6.07) is 0. The monoisotopic (exact) mass is 345 g/mol. The Morgan fingerprint density at radius 1 is 1.17 bits per heavy atom. The highest BCUT2D eigenvalue weighted by atomic mass is 35.6. The maximum absolute atomic E-state index is 12.3. The van der Waals surface area contributed by atoms with E-state index in [9.17, 15) is 18.0 Å². The van der Waals surface area contributed by atoms with Crippen LogP contribution in [0.5, 0.6) is 0 Å². The van der Waals surface area contributed by atoms with Gasteiger partial charge in [-0.25, -0.2) is 0 Å². The van der Waals surface area contributed by atoms with E-state index in [1.165, 1.54) is 0 Å². The summed E-state index contributed by atoms with van der Waals surface area (Å²) < 4.78 is 35.3. The largest absolute Gasteiger partial charge is 0.471 e. The third-order valence-corrected chi connectivity index (χ3v) is 3.66. The van der Waals surface area contributed by atoms with Crippen molar-refractivity contribution in [2.45, 2.75) is 16.4 Å². The number of rotatable bonds is 2. The fraction of sp³-hybridized carbons (Fsp3) is 0.889. The Morgan fingerprint density at radius 3 is 2.06 bits per heavy atom. The summed E-state index contributed by atoms with van der Waals surface area (Å²) in [6.45, 7) is -0.156. The number of carbonyl (C=O) groups is 1. The number of likely N-dealkylation sites (tertiary alicyclic amines) is 1. The Morgan fingerprint density at radius 2 is 1.67 bits per heavy atom. The van der Waals surface area contributed by atoms with Crippen molar-refractivity contribution in [2.75, 3.05) is 19.0 Å². The van der Waals surface area contributed by atoms with Crippen molar-refractivity contribution in [3.8, 4) is 0 Å². The summed E-state index contributed by atoms with van der Waals surface area (Å²) in [6.07, 6.45) is -4.82. The van der Waals surface area contributed by atoms with Gasteiger partial charge in [0.1, 0.15) is 0 Å². The second kappa shape index (κ2) is 5.81. The van der Waals surface area contributed by atoms with Gasteiger partial charge in [0, 0.05) is 19.0 Å². The summed E-state index contributed by atoms with van der Waals surface area (Å²) in [7, 11) is 0. The van der Waals surface area contributed by atoms with Gasteiger partial charge in [-0.15, -0.1) is 11.6 Å². The van der Waals surface area contributed by atoms with Crippen LogP contribution in [0.15, 0.2) is 0 Å². The molecule has 0 saturated carbocycles. The van der Waals surface area contributed by atoms with Gasteiger partial charge in [0.15, 0.2) is 3.79 Å². The van der Waals surface area contributed by atoms with E-state index < -0.39 is 15.9 Å². The van der Waals surface area contributed by atoms with Gasteiger partial charge in [-0.2, -0.15) is 13.2 Å². The van der Waals surface area contributed by atoms with Crippen LogP contribution in [0.2, 0.25) is 0 Å². The molecule has 2 nitrogen and oxygen atoms in total. The van der Waals surface area contributed by atoms with Crippen molar-refractivity contribution in [2.24, 2.45) is 11.8 Å². The third-order valence-electron chi connectivity index (χ3n) is 2.80. The molecular weight excluding hydrogens is 337 g/mol. The average Bonchev–Trinajstić information content (AvgIpc) is 2.55. The smallest absolute Gasteiger partial charge is 0.334 e. The number of halogens is 7. The van der Waals surface area contributed by atoms with Gasteiger partial charge in [0.2, 0.25) is 0 Å². The number of hydrogen-bond donors (Lipinski definition) is 0. The Balaban J connectivity index is 2.72. The Hall–Kier alpha value is 0.420. The van der Waals surface area contributed by atoms with Crippen LogP contribution < -0.4 is 0 Å². The molecule has 2 unspecified atom stereocenters. The highest BCUT2D eigenvalue weighted by Gasteiger charge is 2.47. The molecule has 106 valence electrons. The maximum atomic E-state index is 12.3. The Bertz CT molecular complexity index is 318. The molecule has 9 heteroatoms. The van der Waals surface area contributed by atoms with Gasteiger partial charge in [-0.1, -0.05) is 34.8 Å². The van der Waals surface area contributed by atoms with Crippen LogP contribution in [0, 0.1) is 11.8 Å². The van der Waals surface area contributed by atoms with Crippen LogP contribution in [0.25, 0.3) is 0 Å². The van der Waals surface area contributed by atoms with Gasteiger partial charge >= 0.3 is 12.1 Å². The van der Waals surface area contributed by atoms with E-state index in [4.69, 9.17) is 46.4 Å². The summed E-state index contributed by atoms with van der Waals surface area (Å²) in [4.78, 5) is 11.8. The van der Waals surface area contributed by atoms with Gasteiger partial charge in [-0.05, 0) is 18.3 Å². The van der Waals surface area contributed by atoms with Crippen LogP contribution in [-0.4, -0.2) is 39.7 Å². The second-order valence-electron chi connectivity index (χ2n) is 4.20. The second-order valence-corrected chi connectivity index (χ2v) is 7.03. The average molecular weight is 347 g/mol. The van der Waals surface area contributed by atoms with E-state index in [-0.39, 0.29) is 37.2 Å². The summed E-state index contributed by atoms with van der Waals surface area (Å²) in [5.41, 5.74) is 0. The maximum Gasteiger partial charge on any atom is 0.471 e. The molecule has 0 spiro atoms. The first-order valence-electron chi connectivity index (χ1n) is 5.03. The first-order valence-corrected chi connectivity index (χ1v) is 6.70. The normalized spacial score (nSPS) is 25.6. The SMILES string of the molecule is O=C(N1CC(CCl)C(CC(Cl)(Cl)Cl)C1)C(F)(F)F. The lowest BCUT2D eigenvalue weighted by Gasteiger charge is -2.20. The van der Waals surface area contributed by atoms with Crippen molar-refractivity contribution in [3.63, 3.8) is 0 Å². The van der Waals surface area contributed by atoms with E-state index in [0.29, 0.717) is 4.90 Å². The first kappa shape index (κ1) is 16.5. The summed E-state index contributed by atoms with van der Waals surface area (Å²) in [5.74, 6) is -2.40. The Labute approximate surface area is 122 Å². The van der Waals surface area contributed by atoms with E-state index in [2.05, 4.69) is 0 Å². The van der Waals surface area contributed by atoms with Crippen molar-refractivity contribution >= 4 is 52.3 Å². The molecule has 1 fully saturated rings. The molecule has 1 aliphatic heterocycles. The van der Waals surface area contributed by atoms with Crippen molar-refractivity contribution in [1.29, 1.82) is 0 Å². The van der Waals surface area contributed by atoms with Crippen LogP contribution in [-0.2, 0) is 4.79 Å². The molecule has 0 radical (unpaired) electrons. The number of carbonyl (C=O) groups excluding carboxylic acids is 1. The molecule has 18 heavy (non-hydrogen) atoms. The zero-order chi connectivity index (χ0) is 14.1. The molecule has 0 bridgehead atoms. The highest BCUT2D eigenvalue weighted by Crippen LogP contribution is 2.40. The predicted octanol–water partition coefficient (Wildman–Crippen LogP) is 3.62. The van der Waals surface area contributed by atoms with Crippen molar-refractivity contribution in [1.82, 2.24) is 4.90 Å². The van der Waals surface area contributed by atoms with Crippen LogP contribution in [0.3, 0.4) is 0 Å². The fourth-order valence-electron chi connectivity index (χ4n) is 1.99. The van der Waals surface area contributed by atoms with E-state index in [1.54, 1.807) is 0 Å². The van der Waals surface area contributed by atoms with Crippen molar-refractivity contribution in [3.05, 3.63) is 0 Å². The van der Waals surface area contributed by atoms with E-state index >= 15 is 0 Å². The molecule has 0 aromatic carbocycles.